The molecule has 0 fully saturated rings. The zero-order valence-electron chi connectivity index (χ0n) is 16.9. The first-order valence-electron chi connectivity index (χ1n) is 9.25. The number of hydrogen-bond donors (Lipinski definition) is 2. The average Bonchev–Trinajstić information content (AvgIpc) is 2.76. The molecule has 0 spiro atoms. The van der Waals surface area contributed by atoms with E-state index in [2.05, 4.69) is 10.9 Å². The van der Waals surface area contributed by atoms with Crippen molar-refractivity contribution < 1.29 is 22.7 Å². The molecule has 9 nitrogen and oxygen atoms in total. The van der Waals surface area contributed by atoms with E-state index in [1.165, 1.54) is 22.5 Å². The molecule has 2 aromatic rings. The summed E-state index contributed by atoms with van der Waals surface area (Å²) in [6.07, 6.45) is 0. The van der Waals surface area contributed by atoms with Crippen molar-refractivity contribution >= 4 is 33.4 Å². The lowest BCUT2D eigenvalue weighted by Crippen LogP contribution is -2.44. The highest BCUT2D eigenvalue weighted by molar-refractivity contribution is 7.89. The van der Waals surface area contributed by atoms with Crippen LogP contribution in [0.25, 0.3) is 0 Å². The van der Waals surface area contributed by atoms with Crippen molar-refractivity contribution in [3.8, 4) is 11.8 Å². The lowest BCUT2D eigenvalue weighted by molar-refractivity contribution is -0.123. The number of benzene rings is 2. The molecule has 2 amide bonds. The highest BCUT2D eigenvalue weighted by atomic mass is 35.5. The Hall–Kier alpha value is -3.13. The van der Waals surface area contributed by atoms with Crippen molar-refractivity contribution in [2.75, 3.05) is 19.7 Å². The van der Waals surface area contributed by atoms with Gasteiger partial charge in [0.25, 0.3) is 11.8 Å². The topological polar surface area (TPSA) is 129 Å². The van der Waals surface area contributed by atoms with Gasteiger partial charge in [-0.05, 0) is 30.3 Å². The number of hydrogen-bond acceptors (Lipinski definition) is 6. The number of rotatable bonds is 8. The maximum absolute atomic E-state index is 12.7. The number of nitriles is 1. The molecule has 2 rings (SSSR count). The van der Waals surface area contributed by atoms with Crippen molar-refractivity contribution in [3.63, 3.8) is 0 Å². The van der Waals surface area contributed by atoms with Crippen LogP contribution in [-0.4, -0.2) is 44.2 Å². The predicted octanol–water partition coefficient (Wildman–Crippen LogP) is 2.08. The van der Waals surface area contributed by atoms with Crippen LogP contribution in [0.15, 0.2) is 47.4 Å². The van der Waals surface area contributed by atoms with Crippen LogP contribution in [0.4, 0.5) is 0 Å². The van der Waals surface area contributed by atoms with Crippen molar-refractivity contribution in [2.24, 2.45) is 0 Å². The van der Waals surface area contributed by atoms with Gasteiger partial charge in [-0.3, -0.25) is 20.4 Å². The van der Waals surface area contributed by atoms with E-state index in [-0.39, 0.29) is 39.9 Å². The van der Waals surface area contributed by atoms with Gasteiger partial charge in [0, 0.05) is 18.7 Å². The minimum atomic E-state index is -3.88. The largest absolute Gasteiger partial charge is 0.482 e. The quantitative estimate of drug-likeness (QED) is 0.575. The molecule has 0 atom stereocenters. The lowest BCUT2D eigenvalue weighted by atomic mass is 10.2. The van der Waals surface area contributed by atoms with Gasteiger partial charge in [-0.15, -0.1) is 0 Å². The first-order chi connectivity index (χ1) is 14.7. The van der Waals surface area contributed by atoms with Crippen molar-refractivity contribution in [1.82, 2.24) is 15.2 Å². The van der Waals surface area contributed by atoms with Crippen LogP contribution in [0.3, 0.4) is 0 Å². The molecule has 0 aliphatic carbocycles. The molecule has 0 aromatic heterocycles. The summed E-state index contributed by atoms with van der Waals surface area (Å²) in [5.41, 5.74) is 4.61. The Morgan fingerprint density at radius 3 is 2.45 bits per heavy atom. The highest BCUT2D eigenvalue weighted by Gasteiger charge is 2.25. The second kappa shape index (κ2) is 10.8. The summed E-state index contributed by atoms with van der Waals surface area (Å²) in [4.78, 5) is 24.1. The van der Waals surface area contributed by atoms with Crippen LogP contribution in [0, 0.1) is 11.3 Å². The van der Waals surface area contributed by atoms with Crippen LogP contribution < -0.4 is 15.6 Å². The molecule has 0 heterocycles. The van der Waals surface area contributed by atoms with E-state index in [1.807, 2.05) is 6.07 Å². The molecule has 0 saturated carbocycles. The molecule has 0 aliphatic rings. The molecule has 2 N–H and O–H groups in total. The Morgan fingerprint density at radius 2 is 1.81 bits per heavy atom. The number of halogens is 1. The van der Waals surface area contributed by atoms with Gasteiger partial charge in [0.15, 0.2) is 6.61 Å². The summed E-state index contributed by atoms with van der Waals surface area (Å²) in [6, 6.07) is 12.1. The number of nitrogens with zero attached hydrogens (tertiary/aromatic N) is 2. The van der Waals surface area contributed by atoms with E-state index >= 15 is 0 Å². The van der Waals surface area contributed by atoms with Gasteiger partial charge in [0.2, 0.25) is 10.0 Å². The van der Waals surface area contributed by atoms with E-state index in [0.29, 0.717) is 0 Å². The Balaban J connectivity index is 2.04. The van der Waals surface area contributed by atoms with E-state index in [9.17, 15) is 18.0 Å². The monoisotopic (exact) mass is 464 g/mol. The van der Waals surface area contributed by atoms with Crippen molar-refractivity contribution in [1.29, 1.82) is 5.26 Å². The maximum Gasteiger partial charge on any atom is 0.276 e. The summed E-state index contributed by atoms with van der Waals surface area (Å²) in [5.74, 6) is -1.18. The van der Waals surface area contributed by atoms with Gasteiger partial charge in [0.1, 0.15) is 16.7 Å². The van der Waals surface area contributed by atoms with Crippen LogP contribution in [0.1, 0.15) is 29.8 Å². The molecule has 2 aromatic carbocycles. The van der Waals surface area contributed by atoms with Crippen molar-refractivity contribution in [2.45, 2.75) is 18.7 Å². The number of nitrogens with one attached hydrogen (secondary N) is 2. The molecule has 0 bridgehead atoms. The van der Waals surface area contributed by atoms with Gasteiger partial charge < -0.3 is 4.74 Å². The second-order valence-electron chi connectivity index (χ2n) is 6.13. The second-order valence-corrected chi connectivity index (χ2v) is 8.45. The zero-order chi connectivity index (χ0) is 23.0. The van der Waals surface area contributed by atoms with Gasteiger partial charge in [-0.2, -0.15) is 9.57 Å². The molecular formula is C20H21ClN4O5S. The van der Waals surface area contributed by atoms with E-state index in [0.717, 1.165) is 6.07 Å². The number of sulfonamides is 1. The Morgan fingerprint density at radius 1 is 1.13 bits per heavy atom. The van der Waals surface area contributed by atoms with Gasteiger partial charge in [-0.25, -0.2) is 8.42 Å². The first-order valence-corrected chi connectivity index (χ1v) is 11.1. The van der Waals surface area contributed by atoms with E-state index < -0.39 is 28.4 Å². The Bertz CT molecular complexity index is 1110. The van der Waals surface area contributed by atoms with Crippen molar-refractivity contribution in [3.05, 3.63) is 58.6 Å². The average molecular weight is 465 g/mol. The fourth-order valence-corrected chi connectivity index (χ4v) is 4.57. The summed E-state index contributed by atoms with van der Waals surface area (Å²) in [7, 11) is -3.88. The minimum Gasteiger partial charge on any atom is -0.482 e. The lowest BCUT2D eigenvalue weighted by Gasteiger charge is -2.19. The Labute approximate surface area is 185 Å². The number of para-hydroxylation sites is 1. The fraction of sp³-hybridized carbons (Fsp3) is 0.250. The molecule has 0 saturated heterocycles. The molecule has 0 radical (unpaired) electrons. The third-order valence-corrected chi connectivity index (χ3v) is 6.73. The summed E-state index contributed by atoms with van der Waals surface area (Å²) in [6.45, 7) is 3.44. The summed E-state index contributed by atoms with van der Waals surface area (Å²) >= 11 is 6.05. The van der Waals surface area contributed by atoms with Gasteiger partial charge >= 0.3 is 0 Å². The number of carbonyl (C=O) groups excluding carboxylic acids is 2. The molecule has 0 aliphatic heterocycles. The third kappa shape index (κ3) is 5.95. The predicted molar refractivity (Wildman–Crippen MR) is 114 cm³/mol. The molecule has 0 unspecified atom stereocenters. The number of carbonyl (C=O) groups is 2. The van der Waals surface area contributed by atoms with Gasteiger partial charge in [0.05, 0.1) is 10.6 Å². The molecular weight excluding hydrogens is 444 g/mol. The van der Waals surface area contributed by atoms with E-state index in [4.69, 9.17) is 21.6 Å². The van der Waals surface area contributed by atoms with Crippen LogP contribution in [0.2, 0.25) is 5.02 Å². The maximum atomic E-state index is 12.7. The number of amides is 2. The first kappa shape index (κ1) is 24.1. The molecule has 31 heavy (non-hydrogen) atoms. The number of ether oxygens (including phenoxy) is 1. The smallest absolute Gasteiger partial charge is 0.276 e. The Kier molecular flexibility index (Phi) is 8.38. The van der Waals surface area contributed by atoms with Crippen LogP contribution in [-0.2, 0) is 14.8 Å². The van der Waals surface area contributed by atoms with Crippen LogP contribution in [0.5, 0.6) is 5.75 Å². The van der Waals surface area contributed by atoms with Crippen LogP contribution >= 0.6 is 11.6 Å². The standard InChI is InChI=1S/C20H21ClN4O5S/c1-3-25(4-2)31(28,29)18-11-14(9-10-16(18)21)20(27)24-23-19(26)13-30-17-8-6-5-7-15(17)12-22/h5-11H,3-4,13H2,1-2H3,(H,23,26)(H,24,27). The molecule has 164 valence electrons. The zero-order valence-corrected chi connectivity index (χ0v) is 18.5. The fourth-order valence-electron chi connectivity index (χ4n) is 2.61. The molecule has 11 heteroatoms. The normalized spacial score (nSPS) is 10.9. The van der Waals surface area contributed by atoms with Gasteiger partial charge in [-0.1, -0.05) is 37.6 Å². The SMILES string of the molecule is CCN(CC)S(=O)(=O)c1cc(C(=O)NNC(=O)COc2ccccc2C#N)ccc1Cl. The number of hydrazine groups is 1. The minimum absolute atomic E-state index is 0.00817. The van der Waals surface area contributed by atoms with E-state index in [1.54, 1.807) is 32.0 Å². The highest BCUT2D eigenvalue weighted by Crippen LogP contribution is 2.25. The summed E-state index contributed by atoms with van der Waals surface area (Å²) < 4.78 is 31.9. The third-order valence-electron chi connectivity index (χ3n) is 4.20. The summed E-state index contributed by atoms with van der Waals surface area (Å²) in [5, 5.41) is 8.99.